The average Bonchev–Trinajstić information content (AvgIpc) is 2.76. The fraction of sp³-hybridized carbons (Fsp3) is 0.538. The van der Waals surface area contributed by atoms with E-state index in [0.717, 1.165) is 11.4 Å². The maximum Gasteiger partial charge on any atom is 0.227 e. The molecule has 0 radical (unpaired) electrons. The Morgan fingerprint density at radius 3 is 2.88 bits per heavy atom. The molecule has 0 spiro atoms. The predicted molar refractivity (Wildman–Crippen MR) is 69.7 cm³/mol. The van der Waals surface area contributed by atoms with Crippen LogP contribution < -0.4 is 0 Å². The van der Waals surface area contributed by atoms with E-state index in [2.05, 4.69) is 19.9 Å². The molecule has 0 aliphatic carbocycles. The van der Waals surface area contributed by atoms with Crippen molar-refractivity contribution < 1.29 is 4.79 Å². The maximum absolute atomic E-state index is 12.1. The molecular weight excluding hydrogens is 232 g/mol. The van der Waals surface area contributed by atoms with Crippen molar-refractivity contribution in [1.29, 1.82) is 5.26 Å². The van der Waals surface area contributed by atoms with Crippen LogP contribution in [0.25, 0.3) is 0 Å². The van der Waals surface area contributed by atoms with Gasteiger partial charge in [0.25, 0.3) is 0 Å². The summed E-state index contributed by atoms with van der Waals surface area (Å²) >= 11 is 1.60. The fourth-order valence-corrected chi connectivity index (χ4v) is 2.31. The molecule has 0 aromatic carbocycles. The monoisotopic (exact) mass is 250 g/mol. The molecule has 0 saturated carbocycles. The molecule has 0 unspecified atom stereocenters. The summed E-state index contributed by atoms with van der Waals surface area (Å²) in [4.78, 5) is 15.0. The number of nitriles is 1. The molecule has 0 saturated heterocycles. The molecule has 1 amide bonds. The van der Waals surface area contributed by atoms with Crippen molar-refractivity contribution in [3.8, 4) is 6.07 Å². The van der Waals surface area contributed by atoms with Crippen LogP contribution in [0.2, 0.25) is 0 Å². The van der Waals surface area contributed by atoms with E-state index in [1.807, 2.05) is 17.5 Å². The van der Waals surface area contributed by atoms with Gasteiger partial charge in [0.2, 0.25) is 5.91 Å². The molecule has 3 nitrogen and oxygen atoms in total. The van der Waals surface area contributed by atoms with Crippen LogP contribution in [0.15, 0.2) is 17.5 Å². The molecule has 0 N–H and O–H groups in total. The molecule has 0 atom stereocenters. The first kappa shape index (κ1) is 13.7. The summed E-state index contributed by atoms with van der Waals surface area (Å²) in [5.41, 5.74) is 0. The zero-order chi connectivity index (χ0) is 12.7. The lowest BCUT2D eigenvalue weighted by molar-refractivity contribution is -0.130. The molecule has 4 heteroatoms. The molecule has 92 valence electrons. The summed E-state index contributed by atoms with van der Waals surface area (Å²) in [7, 11) is 0. The second-order valence-corrected chi connectivity index (χ2v) is 5.43. The first-order chi connectivity index (χ1) is 8.13. The van der Waals surface area contributed by atoms with E-state index >= 15 is 0 Å². The van der Waals surface area contributed by atoms with Crippen LogP contribution in [0.3, 0.4) is 0 Å². The lowest BCUT2D eigenvalue weighted by Gasteiger charge is -2.23. The van der Waals surface area contributed by atoms with E-state index in [0.29, 0.717) is 25.3 Å². The molecule has 0 aliphatic heterocycles. The predicted octanol–water partition coefficient (Wildman–Crippen LogP) is 2.69. The summed E-state index contributed by atoms with van der Waals surface area (Å²) in [6.45, 7) is 5.43. The van der Waals surface area contributed by atoms with Gasteiger partial charge in [0.05, 0.1) is 18.9 Å². The van der Waals surface area contributed by atoms with Gasteiger partial charge in [-0.25, -0.2) is 0 Å². The second-order valence-electron chi connectivity index (χ2n) is 4.40. The highest BCUT2D eigenvalue weighted by Gasteiger charge is 2.15. The van der Waals surface area contributed by atoms with Crippen molar-refractivity contribution in [2.75, 3.05) is 13.1 Å². The van der Waals surface area contributed by atoms with Gasteiger partial charge in [0.15, 0.2) is 0 Å². The summed E-state index contributed by atoms with van der Waals surface area (Å²) in [5.74, 6) is 0.553. The lowest BCUT2D eigenvalue weighted by Crippen LogP contribution is -2.35. The number of carbonyl (C=O) groups is 1. The van der Waals surface area contributed by atoms with Gasteiger partial charge in [0, 0.05) is 18.0 Å². The van der Waals surface area contributed by atoms with E-state index in [9.17, 15) is 4.79 Å². The first-order valence-corrected chi connectivity index (χ1v) is 6.68. The van der Waals surface area contributed by atoms with Crippen LogP contribution in [0, 0.1) is 17.2 Å². The fourth-order valence-electron chi connectivity index (χ4n) is 1.62. The third-order valence-corrected chi connectivity index (χ3v) is 3.21. The highest BCUT2D eigenvalue weighted by Crippen LogP contribution is 2.11. The molecule has 0 bridgehead atoms. The topological polar surface area (TPSA) is 44.1 Å². The molecular formula is C13H18N2OS. The van der Waals surface area contributed by atoms with Crippen LogP contribution in [-0.2, 0) is 11.2 Å². The van der Waals surface area contributed by atoms with Crippen LogP contribution in [0.4, 0.5) is 0 Å². The van der Waals surface area contributed by atoms with Crippen LogP contribution in [0.1, 0.15) is 25.1 Å². The largest absolute Gasteiger partial charge is 0.341 e. The Morgan fingerprint density at radius 1 is 1.59 bits per heavy atom. The highest BCUT2D eigenvalue weighted by atomic mass is 32.1. The van der Waals surface area contributed by atoms with Crippen molar-refractivity contribution in [2.24, 2.45) is 5.92 Å². The van der Waals surface area contributed by atoms with Gasteiger partial charge in [-0.05, 0) is 17.4 Å². The number of carbonyl (C=O) groups excluding carboxylic acids is 1. The molecule has 0 fully saturated rings. The van der Waals surface area contributed by atoms with Gasteiger partial charge >= 0.3 is 0 Å². The van der Waals surface area contributed by atoms with Crippen molar-refractivity contribution in [3.63, 3.8) is 0 Å². The molecule has 1 heterocycles. The Balaban J connectivity index is 2.56. The van der Waals surface area contributed by atoms with Crippen molar-refractivity contribution in [2.45, 2.75) is 26.7 Å². The maximum atomic E-state index is 12.1. The molecule has 1 aromatic heterocycles. The Kier molecular flexibility index (Phi) is 5.71. The second kappa shape index (κ2) is 7.08. The molecule has 0 aliphatic rings. The van der Waals surface area contributed by atoms with E-state index in [-0.39, 0.29) is 5.91 Å². The Bertz CT molecular complexity index is 379. The Morgan fingerprint density at radius 2 is 2.35 bits per heavy atom. The zero-order valence-corrected chi connectivity index (χ0v) is 11.2. The summed E-state index contributed by atoms with van der Waals surface area (Å²) in [5, 5.41) is 10.6. The van der Waals surface area contributed by atoms with Crippen molar-refractivity contribution >= 4 is 17.2 Å². The van der Waals surface area contributed by atoms with Crippen LogP contribution >= 0.6 is 11.3 Å². The number of hydrogen-bond donors (Lipinski definition) is 0. The summed E-state index contributed by atoms with van der Waals surface area (Å²) in [6, 6.07) is 6.02. The molecule has 1 aromatic rings. The minimum absolute atomic E-state index is 0.122. The first-order valence-electron chi connectivity index (χ1n) is 5.80. The van der Waals surface area contributed by atoms with Crippen LogP contribution in [0.5, 0.6) is 0 Å². The number of thiophene rings is 1. The summed E-state index contributed by atoms with van der Waals surface area (Å²) < 4.78 is 0. The Labute approximate surface area is 107 Å². The third kappa shape index (κ3) is 5.01. The number of rotatable bonds is 6. The molecule has 1 rings (SSSR count). The Hall–Kier alpha value is -1.34. The van der Waals surface area contributed by atoms with E-state index in [1.54, 1.807) is 16.2 Å². The third-order valence-electron chi connectivity index (χ3n) is 2.34. The highest BCUT2D eigenvalue weighted by molar-refractivity contribution is 7.10. The minimum atomic E-state index is 0.122. The normalized spacial score (nSPS) is 10.2. The van der Waals surface area contributed by atoms with E-state index in [1.165, 1.54) is 0 Å². The van der Waals surface area contributed by atoms with Crippen molar-refractivity contribution in [3.05, 3.63) is 22.4 Å². The van der Waals surface area contributed by atoms with Gasteiger partial charge in [-0.2, -0.15) is 5.26 Å². The van der Waals surface area contributed by atoms with Gasteiger partial charge in [-0.1, -0.05) is 19.9 Å². The average molecular weight is 250 g/mol. The lowest BCUT2D eigenvalue weighted by atomic mass is 10.2. The van der Waals surface area contributed by atoms with Gasteiger partial charge in [0.1, 0.15) is 0 Å². The van der Waals surface area contributed by atoms with E-state index in [4.69, 9.17) is 5.26 Å². The number of nitrogens with zero attached hydrogens (tertiary/aromatic N) is 2. The number of hydrogen-bond acceptors (Lipinski definition) is 3. The van der Waals surface area contributed by atoms with Crippen molar-refractivity contribution in [1.82, 2.24) is 4.90 Å². The van der Waals surface area contributed by atoms with Crippen LogP contribution in [-0.4, -0.2) is 23.9 Å². The smallest absolute Gasteiger partial charge is 0.227 e. The quantitative estimate of drug-likeness (QED) is 0.779. The van der Waals surface area contributed by atoms with Gasteiger partial charge < -0.3 is 4.90 Å². The van der Waals surface area contributed by atoms with Gasteiger partial charge in [-0.15, -0.1) is 11.3 Å². The van der Waals surface area contributed by atoms with E-state index < -0.39 is 0 Å². The summed E-state index contributed by atoms with van der Waals surface area (Å²) in [6.07, 6.45) is 0.860. The molecule has 17 heavy (non-hydrogen) atoms. The number of amides is 1. The van der Waals surface area contributed by atoms with Gasteiger partial charge in [-0.3, -0.25) is 4.79 Å². The zero-order valence-electron chi connectivity index (χ0n) is 10.3. The minimum Gasteiger partial charge on any atom is -0.341 e. The SMILES string of the molecule is CC(C)CN(CCC#N)C(=O)Cc1cccs1. The standard InChI is InChI=1S/C13H18N2OS/c1-11(2)10-15(7-4-6-14)13(16)9-12-5-3-8-17-12/h3,5,8,11H,4,7,9-10H2,1-2H3.